The molecule has 1 fully saturated rings. The van der Waals surface area contributed by atoms with Crippen molar-refractivity contribution in [1.29, 1.82) is 0 Å². The summed E-state index contributed by atoms with van der Waals surface area (Å²) >= 11 is 0. The predicted molar refractivity (Wildman–Crippen MR) is 72.5 cm³/mol. The van der Waals surface area contributed by atoms with E-state index in [9.17, 15) is 0 Å². The monoisotopic (exact) mass is 249 g/mol. The summed E-state index contributed by atoms with van der Waals surface area (Å²) in [6, 6.07) is 0. The van der Waals surface area contributed by atoms with Crippen molar-refractivity contribution < 1.29 is 0 Å². The fourth-order valence-corrected chi connectivity index (χ4v) is 2.91. The maximum atomic E-state index is 4.81. The second-order valence-corrected chi connectivity index (χ2v) is 5.27. The van der Waals surface area contributed by atoms with Gasteiger partial charge >= 0.3 is 0 Å². The van der Waals surface area contributed by atoms with Gasteiger partial charge in [0.25, 0.3) is 0 Å². The molecule has 0 spiro atoms. The normalized spacial score (nSPS) is 21.1. The van der Waals surface area contributed by atoms with E-state index in [1.165, 1.54) is 17.2 Å². The Morgan fingerprint density at radius 1 is 1.22 bits per heavy atom. The largest absolute Gasteiger partial charge is 0.311 e. The van der Waals surface area contributed by atoms with Gasteiger partial charge in [-0.3, -0.25) is 0 Å². The van der Waals surface area contributed by atoms with E-state index >= 15 is 0 Å². The van der Waals surface area contributed by atoms with Gasteiger partial charge in [-0.2, -0.15) is 0 Å². The number of aromatic nitrogens is 2. The third-order valence-electron chi connectivity index (χ3n) is 4.01. The molecule has 1 saturated heterocycles. The molecule has 3 rings (SSSR count). The van der Waals surface area contributed by atoms with Crippen LogP contribution in [0.15, 0.2) is 0 Å². The van der Waals surface area contributed by atoms with Gasteiger partial charge in [0.05, 0.1) is 11.4 Å². The third-order valence-corrected chi connectivity index (χ3v) is 4.01. The molecular weight excluding hydrogens is 226 g/mol. The van der Waals surface area contributed by atoms with Crippen LogP contribution in [0.2, 0.25) is 0 Å². The highest BCUT2D eigenvalue weighted by Crippen LogP contribution is 2.18. The SMILES string of the molecule is CCc1nc2c(n1N1CCN(C)CC1)CCNC2. The van der Waals surface area contributed by atoms with Gasteiger partial charge in [-0.25, -0.2) is 9.66 Å². The van der Waals surface area contributed by atoms with Gasteiger partial charge < -0.3 is 15.2 Å². The van der Waals surface area contributed by atoms with E-state index in [0.717, 1.165) is 52.1 Å². The van der Waals surface area contributed by atoms with Crippen LogP contribution in [0.5, 0.6) is 0 Å². The van der Waals surface area contributed by atoms with Crippen LogP contribution >= 0.6 is 0 Å². The molecule has 18 heavy (non-hydrogen) atoms. The molecule has 2 aliphatic rings. The molecule has 0 aromatic carbocycles. The number of imidazole rings is 1. The number of fused-ring (bicyclic) bond motifs is 1. The molecule has 1 N–H and O–H groups in total. The summed E-state index contributed by atoms with van der Waals surface area (Å²) in [5.41, 5.74) is 2.70. The molecule has 0 saturated carbocycles. The Morgan fingerprint density at radius 3 is 2.72 bits per heavy atom. The van der Waals surface area contributed by atoms with Gasteiger partial charge in [0.1, 0.15) is 5.82 Å². The lowest BCUT2D eigenvalue weighted by Crippen LogP contribution is -2.51. The van der Waals surface area contributed by atoms with Crippen molar-refractivity contribution >= 4 is 0 Å². The van der Waals surface area contributed by atoms with Gasteiger partial charge in [-0.05, 0) is 7.05 Å². The lowest BCUT2D eigenvalue weighted by molar-refractivity contribution is 0.283. The molecule has 0 aliphatic carbocycles. The highest BCUT2D eigenvalue weighted by molar-refractivity contribution is 5.23. The Hall–Kier alpha value is -1.07. The fourth-order valence-electron chi connectivity index (χ4n) is 2.91. The van der Waals surface area contributed by atoms with Crippen LogP contribution in [0, 0.1) is 0 Å². The molecule has 1 aromatic rings. The lowest BCUT2D eigenvalue weighted by atomic mass is 10.2. The first-order valence-corrected chi connectivity index (χ1v) is 7.03. The second-order valence-electron chi connectivity index (χ2n) is 5.27. The van der Waals surface area contributed by atoms with E-state index in [0.29, 0.717) is 0 Å². The molecule has 0 atom stereocenters. The predicted octanol–water partition coefficient (Wildman–Crippen LogP) is -0.0254. The van der Waals surface area contributed by atoms with Crippen molar-refractivity contribution in [2.24, 2.45) is 0 Å². The Balaban J connectivity index is 1.92. The number of likely N-dealkylation sites (N-methyl/N-ethyl adjacent to an activating group) is 1. The molecule has 5 heteroatoms. The van der Waals surface area contributed by atoms with Gasteiger partial charge in [-0.1, -0.05) is 6.92 Å². The summed E-state index contributed by atoms with van der Waals surface area (Å²) in [7, 11) is 2.20. The quantitative estimate of drug-likeness (QED) is 0.799. The molecule has 3 heterocycles. The van der Waals surface area contributed by atoms with E-state index in [2.05, 4.69) is 33.9 Å². The van der Waals surface area contributed by atoms with E-state index < -0.39 is 0 Å². The number of piperazine rings is 1. The fraction of sp³-hybridized carbons (Fsp3) is 0.769. The standard InChI is InChI=1S/C13H23N5/c1-3-13-15-11-10-14-5-4-12(11)18(13)17-8-6-16(2)7-9-17/h14H,3-10H2,1-2H3. The van der Waals surface area contributed by atoms with Crippen molar-refractivity contribution in [3.05, 3.63) is 17.2 Å². The van der Waals surface area contributed by atoms with Crippen molar-refractivity contribution in [1.82, 2.24) is 19.9 Å². The zero-order valence-corrected chi connectivity index (χ0v) is 11.4. The number of aryl methyl sites for hydroxylation is 1. The summed E-state index contributed by atoms with van der Waals surface area (Å²) < 4.78 is 2.42. The first-order chi connectivity index (χ1) is 8.79. The van der Waals surface area contributed by atoms with E-state index in [1.807, 2.05) is 0 Å². The molecular formula is C13H23N5. The van der Waals surface area contributed by atoms with Crippen LogP contribution in [-0.2, 0) is 19.4 Å². The maximum absolute atomic E-state index is 4.81. The van der Waals surface area contributed by atoms with Crippen molar-refractivity contribution in [2.75, 3.05) is 44.8 Å². The molecule has 2 aliphatic heterocycles. The topological polar surface area (TPSA) is 36.3 Å². The number of hydrogen-bond acceptors (Lipinski definition) is 4. The molecule has 0 bridgehead atoms. The van der Waals surface area contributed by atoms with Crippen LogP contribution in [0.1, 0.15) is 24.1 Å². The van der Waals surface area contributed by atoms with E-state index in [-0.39, 0.29) is 0 Å². The highest BCUT2D eigenvalue weighted by atomic mass is 15.6. The van der Waals surface area contributed by atoms with E-state index in [4.69, 9.17) is 4.98 Å². The van der Waals surface area contributed by atoms with Crippen molar-refractivity contribution in [3.8, 4) is 0 Å². The van der Waals surface area contributed by atoms with Crippen LogP contribution in [0.25, 0.3) is 0 Å². The number of rotatable bonds is 2. The third kappa shape index (κ3) is 2.01. The van der Waals surface area contributed by atoms with Crippen LogP contribution in [-0.4, -0.2) is 54.3 Å². The summed E-state index contributed by atoms with van der Waals surface area (Å²) in [6.45, 7) is 8.73. The molecule has 5 nitrogen and oxygen atoms in total. The van der Waals surface area contributed by atoms with Crippen molar-refractivity contribution in [2.45, 2.75) is 26.3 Å². The summed E-state index contributed by atoms with van der Waals surface area (Å²) in [6.07, 6.45) is 2.12. The highest BCUT2D eigenvalue weighted by Gasteiger charge is 2.24. The van der Waals surface area contributed by atoms with Crippen LogP contribution in [0.3, 0.4) is 0 Å². The Kier molecular flexibility index (Phi) is 3.26. The minimum absolute atomic E-state index is 0.934. The van der Waals surface area contributed by atoms with E-state index in [1.54, 1.807) is 0 Å². The number of nitrogens with zero attached hydrogens (tertiary/aromatic N) is 4. The summed E-state index contributed by atoms with van der Waals surface area (Å²) in [4.78, 5) is 7.20. The minimum atomic E-state index is 0.934. The molecule has 0 amide bonds. The zero-order chi connectivity index (χ0) is 12.5. The van der Waals surface area contributed by atoms with Crippen LogP contribution in [0.4, 0.5) is 0 Å². The first kappa shape index (κ1) is 12.0. The van der Waals surface area contributed by atoms with Crippen molar-refractivity contribution in [3.63, 3.8) is 0 Å². The average Bonchev–Trinajstić information content (AvgIpc) is 2.78. The smallest absolute Gasteiger partial charge is 0.127 e. The number of nitrogens with one attached hydrogen (secondary N) is 1. The van der Waals surface area contributed by atoms with Gasteiger partial charge in [0, 0.05) is 52.1 Å². The van der Waals surface area contributed by atoms with Gasteiger partial charge in [-0.15, -0.1) is 0 Å². The Morgan fingerprint density at radius 2 is 2.00 bits per heavy atom. The maximum Gasteiger partial charge on any atom is 0.127 e. The zero-order valence-electron chi connectivity index (χ0n) is 11.4. The Labute approximate surface area is 109 Å². The van der Waals surface area contributed by atoms with Crippen LogP contribution < -0.4 is 10.3 Å². The second kappa shape index (κ2) is 4.90. The molecule has 0 radical (unpaired) electrons. The average molecular weight is 249 g/mol. The summed E-state index contributed by atoms with van der Waals surface area (Å²) in [5, 5.41) is 5.90. The summed E-state index contributed by atoms with van der Waals surface area (Å²) in [5.74, 6) is 1.23. The number of hydrogen-bond donors (Lipinski definition) is 1. The molecule has 1 aromatic heterocycles. The minimum Gasteiger partial charge on any atom is -0.311 e. The molecule has 0 unspecified atom stereocenters. The first-order valence-electron chi connectivity index (χ1n) is 7.03. The molecule has 100 valence electrons. The lowest BCUT2D eigenvalue weighted by Gasteiger charge is -2.36. The Bertz CT molecular complexity index is 417. The van der Waals surface area contributed by atoms with Gasteiger partial charge in [0.15, 0.2) is 0 Å². The van der Waals surface area contributed by atoms with Gasteiger partial charge in [0.2, 0.25) is 0 Å².